The number of carboxylic acid groups (broad SMARTS) is 1. The predicted molar refractivity (Wildman–Crippen MR) is 68.6 cm³/mol. The zero-order valence-electron chi connectivity index (χ0n) is 11.3. The molecule has 0 radical (unpaired) electrons. The maximum absolute atomic E-state index is 11.1. The van der Waals surface area contributed by atoms with Gasteiger partial charge in [0.1, 0.15) is 5.69 Å². The van der Waals surface area contributed by atoms with Gasteiger partial charge in [0.25, 0.3) is 0 Å². The number of carbonyl (C=O) groups is 1. The van der Waals surface area contributed by atoms with Gasteiger partial charge in [0.05, 0.1) is 11.7 Å². The molecule has 1 fully saturated rings. The fourth-order valence-electron chi connectivity index (χ4n) is 2.74. The minimum Gasteiger partial charge on any atom is -0.477 e. The first-order chi connectivity index (χ1) is 8.50. The molecule has 0 saturated carbocycles. The minimum absolute atomic E-state index is 0.262. The Kier molecular flexibility index (Phi) is 3.71. The zero-order valence-corrected chi connectivity index (χ0v) is 11.3. The lowest BCUT2D eigenvalue weighted by Gasteiger charge is -2.37. The van der Waals surface area contributed by atoms with Crippen molar-refractivity contribution in [3.63, 3.8) is 0 Å². The average molecular weight is 251 g/mol. The van der Waals surface area contributed by atoms with Gasteiger partial charge in [0, 0.05) is 13.1 Å². The van der Waals surface area contributed by atoms with E-state index in [0.29, 0.717) is 6.04 Å². The van der Waals surface area contributed by atoms with Gasteiger partial charge in [-0.3, -0.25) is 9.58 Å². The number of nitrogens with zero attached hydrogens (tertiary/aromatic N) is 3. The van der Waals surface area contributed by atoms with Gasteiger partial charge in [-0.15, -0.1) is 0 Å². The van der Waals surface area contributed by atoms with Crippen LogP contribution in [0, 0.1) is 0 Å². The van der Waals surface area contributed by atoms with Crippen LogP contribution in [0.4, 0.5) is 0 Å². The van der Waals surface area contributed by atoms with E-state index in [-0.39, 0.29) is 11.7 Å². The van der Waals surface area contributed by atoms with Crippen LogP contribution in [0.25, 0.3) is 0 Å². The Balaban J connectivity index is 2.28. The number of rotatable bonds is 3. The molecule has 100 valence electrons. The summed E-state index contributed by atoms with van der Waals surface area (Å²) in [6.45, 7) is 5.43. The van der Waals surface area contributed by atoms with E-state index >= 15 is 0 Å². The highest BCUT2D eigenvalue weighted by Crippen LogP contribution is 2.31. The first kappa shape index (κ1) is 13.1. The molecule has 5 nitrogen and oxygen atoms in total. The van der Waals surface area contributed by atoms with Gasteiger partial charge in [-0.2, -0.15) is 5.10 Å². The Labute approximate surface area is 107 Å². The van der Waals surface area contributed by atoms with Crippen LogP contribution in [-0.4, -0.2) is 38.3 Å². The van der Waals surface area contributed by atoms with Gasteiger partial charge in [-0.1, -0.05) is 6.42 Å². The molecule has 1 aliphatic rings. The van der Waals surface area contributed by atoms with Crippen LogP contribution < -0.4 is 0 Å². The van der Waals surface area contributed by atoms with Gasteiger partial charge in [-0.05, 0) is 39.3 Å². The highest BCUT2D eigenvalue weighted by Gasteiger charge is 2.28. The molecule has 1 aromatic heterocycles. The summed E-state index contributed by atoms with van der Waals surface area (Å²) in [6.07, 6.45) is 3.47. The Morgan fingerprint density at radius 3 is 2.78 bits per heavy atom. The van der Waals surface area contributed by atoms with E-state index in [1.54, 1.807) is 13.1 Å². The summed E-state index contributed by atoms with van der Waals surface area (Å²) in [5, 5.41) is 13.5. The van der Waals surface area contributed by atoms with E-state index in [1.807, 2.05) is 0 Å². The minimum atomic E-state index is -0.914. The van der Waals surface area contributed by atoms with Crippen molar-refractivity contribution in [3.05, 3.63) is 17.5 Å². The largest absolute Gasteiger partial charge is 0.477 e. The highest BCUT2D eigenvalue weighted by atomic mass is 16.4. The van der Waals surface area contributed by atoms with Crippen molar-refractivity contribution in [2.24, 2.45) is 7.05 Å². The lowest BCUT2D eigenvalue weighted by molar-refractivity contribution is 0.0685. The van der Waals surface area contributed by atoms with E-state index in [4.69, 9.17) is 5.11 Å². The number of aromatic carboxylic acids is 1. The van der Waals surface area contributed by atoms with Crippen LogP contribution >= 0.6 is 0 Å². The molecule has 1 unspecified atom stereocenters. The summed E-state index contributed by atoms with van der Waals surface area (Å²) in [4.78, 5) is 13.5. The number of carboxylic acids is 1. The van der Waals surface area contributed by atoms with Crippen LogP contribution in [0.1, 0.15) is 55.3 Å². The van der Waals surface area contributed by atoms with Crippen molar-refractivity contribution in [2.45, 2.75) is 45.2 Å². The Bertz CT molecular complexity index is 439. The number of aromatic nitrogens is 2. The van der Waals surface area contributed by atoms with Gasteiger partial charge in [0.2, 0.25) is 0 Å². The Hall–Kier alpha value is -1.36. The SMILES string of the molecule is CC(C)N1CCCCC1c1cc(C(=O)O)n(C)n1. The first-order valence-electron chi connectivity index (χ1n) is 6.53. The Morgan fingerprint density at radius 1 is 1.50 bits per heavy atom. The molecule has 0 aromatic carbocycles. The number of aryl methyl sites for hydroxylation is 1. The monoisotopic (exact) mass is 251 g/mol. The summed E-state index contributed by atoms with van der Waals surface area (Å²) in [6, 6.07) is 2.44. The molecule has 1 atom stereocenters. The first-order valence-corrected chi connectivity index (χ1v) is 6.53. The topological polar surface area (TPSA) is 58.4 Å². The van der Waals surface area contributed by atoms with Crippen molar-refractivity contribution in [3.8, 4) is 0 Å². The van der Waals surface area contributed by atoms with Gasteiger partial charge >= 0.3 is 5.97 Å². The van der Waals surface area contributed by atoms with Gasteiger partial charge < -0.3 is 5.11 Å². The molecule has 0 amide bonds. The molecule has 1 aromatic rings. The third kappa shape index (κ3) is 2.41. The molecule has 2 rings (SSSR count). The fraction of sp³-hybridized carbons (Fsp3) is 0.692. The summed E-state index contributed by atoms with van der Waals surface area (Å²) in [5.74, 6) is -0.914. The molecule has 0 aliphatic carbocycles. The highest BCUT2D eigenvalue weighted by molar-refractivity contribution is 5.85. The number of hydrogen-bond acceptors (Lipinski definition) is 3. The van der Waals surface area contributed by atoms with Crippen LogP contribution in [0.2, 0.25) is 0 Å². The van der Waals surface area contributed by atoms with Crippen molar-refractivity contribution >= 4 is 5.97 Å². The zero-order chi connectivity index (χ0) is 13.3. The van der Waals surface area contributed by atoms with Crippen molar-refractivity contribution in [1.29, 1.82) is 0 Å². The normalized spacial score (nSPS) is 21.4. The summed E-state index contributed by atoms with van der Waals surface area (Å²) in [7, 11) is 1.69. The number of likely N-dealkylation sites (tertiary alicyclic amines) is 1. The van der Waals surface area contributed by atoms with E-state index in [1.165, 1.54) is 17.5 Å². The summed E-state index contributed by atoms with van der Waals surface area (Å²) in [5.41, 5.74) is 1.16. The molecule has 18 heavy (non-hydrogen) atoms. The lowest BCUT2D eigenvalue weighted by Crippen LogP contribution is -2.38. The van der Waals surface area contributed by atoms with Crippen molar-refractivity contribution in [1.82, 2.24) is 14.7 Å². The maximum Gasteiger partial charge on any atom is 0.354 e. The molecular weight excluding hydrogens is 230 g/mol. The Morgan fingerprint density at radius 2 is 2.22 bits per heavy atom. The average Bonchev–Trinajstić information content (AvgIpc) is 2.71. The standard InChI is InChI=1S/C13H21N3O2/c1-9(2)16-7-5-4-6-11(16)10-8-12(13(17)18)15(3)14-10/h8-9,11H,4-7H2,1-3H3,(H,17,18). The molecule has 1 N–H and O–H groups in total. The van der Waals surface area contributed by atoms with E-state index in [0.717, 1.165) is 18.7 Å². The summed E-state index contributed by atoms with van der Waals surface area (Å²) < 4.78 is 1.46. The van der Waals surface area contributed by atoms with E-state index in [2.05, 4.69) is 23.8 Å². The third-order valence-electron chi connectivity index (χ3n) is 3.67. The second kappa shape index (κ2) is 5.10. The van der Waals surface area contributed by atoms with Gasteiger partial charge in [-0.25, -0.2) is 4.79 Å². The molecule has 5 heteroatoms. The second-order valence-electron chi connectivity index (χ2n) is 5.23. The van der Waals surface area contributed by atoms with Gasteiger partial charge in [0.15, 0.2) is 0 Å². The number of hydrogen-bond donors (Lipinski definition) is 1. The van der Waals surface area contributed by atoms with Crippen LogP contribution in [0.3, 0.4) is 0 Å². The predicted octanol–water partition coefficient (Wildman–Crippen LogP) is 2.05. The van der Waals surface area contributed by atoms with Crippen molar-refractivity contribution in [2.75, 3.05) is 6.54 Å². The lowest BCUT2D eigenvalue weighted by atomic mass is 9.97. The van der Waals surface area contributed by atoms with Crippen molar-refractivity contribution < 1.29 is 9.90 Å². The quantitative estimate of drug-likeness (QED) is 0.893. The van der Waals surface area contributed by atoms with E-state index in [9.17, 15) is 4.79 Å². The molecule has 2 heterocycles. The molecule has 0 bridgehead atoms. The fourth-order valence-corrected chi connectivity index (χ4v) is 2.74. The smallest absolute Gasteiger partial charge is 0.354 e. The van der Waals surface area contributed by atoms with E-state index < -0.39 is 5.97 Å². The molecule has 1 saturated heterocycles. The third-order valence-corrected chi connectivity index (χ3v) is 3.67. The van der Waals surface area contributed by atoms with Crippen LogP contribution in [0.5, 0.6) is 0 Å². The molecular formula is C13H21N3O2. The molecule has 1 aliphatic heterocycles. The molecule has 0 spiro atoms. The second-order valence-corrected chi connectivity index (χ2v) is 5.23. The van der Waals surface area contributed by atoms with Crippen LogP contribution in [0.15, 0.2) is 6.07 Å². The maximum atomic E-state index is 11.1. The summed E-state index contributed by atoms with van der Waals surface area (Å²) >= 11 is 0. The number of piperidine rings is 1. The van der Waals surface area contributed by atoms with Crippen LogP contribution in [-0.2, 0) is 7.05 Å².